The number of rotatable bonds is 3. The highest BCUT2D eigenvalue weighted by Gasteiger charge is 2.37. The van der Waals surface area contributed by atoms with Crippen LogP contribution in [0.5, 0.6) is 0 Å². The van der Waals surface area contributed by atoms with Crippen LogP contribution in [0, 0.1) is 0 Å². The third-order valence-electron chi connectivity index (χ3n) is 4.44. The molecule has 2 heterocycles. The fraction of sp³-hybridized carbons (Fsp3) is 0.471. The normalized spacial score (nSPS) is 20.8. The Kier molecular flexibility index (Phi) is 5.08. The van der Waals surface area contributed by atoms with Gasteiger partial charge in [0, 0.05) is 38.1 Å². The summed E-state index contributed by atoms with van der Waals surface area (Å²) >= 11 is 5.24. The van der Waals surface area contributed by atoms with Gasteiger partial charge in [-0.25, -0.2) is 9.97 Å². The molecule has 1 saturated carbocycles. The van der Waals surface area contributed by atoms with E-state index in [1.807, 2.05) is 14.1 Å². The molecule has 0 bridgehead atoms. The second-order valence-electron chi connectivity index (χ2n) is 6.50. The third-order valence-corrected chi connectivity index (χ3v) is 4.74. The second-order valence-corrected chi connectivity index (χ2v) is 6.88. The lowest BCUT2D eigenvalue weighted by Crippen LogP contribution is -2.57. The molecule has 0 atom stereocenters. The van der Waals surface area contributed by atoms with E-state index in [9.17, 15) is 9.59 Å². The molecule has 2 amide bonds. The number of hydrogen-bond acceptors (Lipinski definition) is 6. The van der Waals surface area contributed by atoms with E-state index in [-0.39, 0.29) is 22.6 Å². The highest BCUT2D eigenvalue weighted by molar-refractivity contribution is 7.80. The number of amides is 2. The first-order valence-corrected chi connectivity index (χ1v) is 8.78. The molecule has 1 aliphatic carbocycles. The first-order chi connectivity index (χ1) is 12.0. The van der Waals surface area contributed by atoms with E-state index in [1.54, 1.807) is 22.2 Å². The van der Waals surface area contributed by atoms with Gasteiger partial charge in [-0.2, -0.15) is 0 Å². The van der Waals surface area contributed by atoms with Crippen molar-refractivity contribution in [3.8, 4) is 0 Å². The molecule has 25 heavy (non-hydrogen) atoms. The maximum absolute atomic E-state index is 12.9. The standard InChI is InChI=1S/C17H21N5O2S/c1-21(2)16-18-9-11(10-19-16)8-13-14(23)20-17(25)22(15(13)24)12-6-4-3-5-7-12/h8-10,12H,3-7H2,1-2H3,(H,20,23,25)/b13-8+. The summed E-state index contributed by atoms with van der Waals surface area (Å²) in [6.07, 6.45) is 9.85. The quantitative estimate of drug-likeness (QED) is 0.501. The Morgan fingerprint density at radius 3 is 2.44 bits per heavy atom. The monoisotopic (exact) mass is 359 g/mol. The van der Waals surface area contributed by atoms with Crippen LogP contribution in [0.15, 0.2) is 18.0 Å². The van der Waals surface area contributed by atoms with Crippen LogP contribution in [0.4, 0.5) is 5.95 Å². The third kappa shape index (κ3) is 3.68. The van der Waals surface area contributed by atoms with Gasteiger partial charge in [0.2, 0.25) is 5.95 Å². The number of thiocarbonyl (C=S) groups is 1. The summed E-state index contributed by atoms with van der Waals surface area (Å²) in [5, 5.41) is 2.84. The lowest BCUT2D eigenvalue weighted by Gasteiger charge is -2.37. The molecule has 1 aromatic rings. The maximum atomic E-state index is 12.9. The zero-order valence-corrected chi connectivity index (χ0v) is 15.2. The molecule has 1 aromatic heterocycles. The van der Waals surface area contributed by atoms with Crippen molar-refractivity contribution in [1.29, 1.82) is 0 Å². The number of nitrogens with one attached hydrogen (secondary N) is 1. The molecule has 1 saturated heterocycles. The Balaban J connectivity index is 1.87. The van der Waals surface area contributed by atoms with Gasteiger partial charge in [0.1, 0.15) is 5.57 Å². The van der Waals surface area contributed by atoms with Crippen LogP contribution in [0.2, 0.25) is 0 Å². The van der Waals surface area contributed by atoms with Gasteiger partial charge in [-0.3, -0.25) is 19.8 Å². The topological polar surface area (TPSA) is 78.4 Å². The molecule has 0 aromatic carbocycles. The average Bonchev–Trinajstić information content (AvgIpc) is 2.60. The Morgan fingerprint density at radius 2 is 1.84 bits per heavy atom. The van der Waals surface area contributed by atoms with Gasteiger partial charge in [-0.1, -0.05) is 19.3 Å². The minimum Gasteiger partial charge on any atom is -0.347 e. The van der Waals surface area contributed by atoms with E-state index in [1.165, 1.54) is 12.5 Å². The summed E-state index contributed by atoms with van der Waals surface area (Å²) in [5.41, 5.74) is 0.667. The Hall–Kier alpha value is -2.35. The summed E-state index contributed by atoms with van der Waals surface area (Å²) in [7, 11) is 3.68. The minimum absolute atomic E-state index is 0.0603. The molecule has 1 N–H and O–H groups in total. The molecule has 2 fully saturated rings. The van der Waals surface area contributed by atoms with Crippen molar-refractivity contribution in [3.05, 3.63) is 23.5 Å². The van der Waals surface area contributed by atoms with Crippen molar-refractivity contribution in [2.45, 2.75) is 38.1 Å². The highest BCUT2D eigenvalue weighted by atomic mass is 32.1. The van der Waals surface area contributed by atoms with Crippen LogP contribution in [0.25, 0.3) is 6.08 Å². The lowest BCUT2D eigenvalue weighted by molar-refractivity contribution is -0.130. The van der Waals surface area contributed by atoms with Gasteiger partial charge in [0.15, 0.2) is 5.11 Å². The molecular formula is C17H21N5O2S. The lowest BCUT2D eigenvalue weighted by atomic mass is 9.93. The number of carbonyl (C=O) groups excluding carboxylic acids is 2. The largest absolute Gasteiger partial charge is 0.347 e. The van der Waals surface area contributed by atoms with Crippen LogP contribution in [-0.4, -0.2) is 51.9 Å². The molecule has 0 unspecified atom stereocenters. The van der Waals surface area contributed by atoms with E-state index in [2.05, 4.69) is 15.3 Å². The van der Waals surface area contributed by atoms with E-state index < -0.39 is 5.91 Å². The first-order valence-electron chi connectivity index (χ1n) is 8.37. The zero-order chi connectivity index (χ0) is 18.0. The first kappa shape index (κ1) is 17.5. The highest BCUT2D eigenvalue weighted by Crippen LogP contribution is 2.26. The van der Waals surface area contributed by atoms with Crippen LogP contribution in [0.1, 0.15) is 37.7 Å². The predicted octanol–water partition coefficient (Wildman–Crippen LogP) is 1.50. The van der Waals surface area contributed by atoms with Gasteiger partial charge >= 0.3 is 0 Å². The predicted molar refractivity (Wildman–Crippen MR) is 98.8 cm³/mol. The smallest absolute Gasteiger partial charge is 0.265 e. The van der Waals surface area contributed by atoms with Gasteiger partial charge in [0.25, 0.3) is 11.8 Å². The SMILES string of the molecule is CN(C)c1ncc(/C=C2\C(=O)NC(=S)N(C3CCCCC3)C2=O)cn1. The van der Waals surface area contributed by atoms with Crippen molar-refractivity contribution < 1.29 is 9.59 Å². The van der Waals surface area contributed by atoms with Crippen LogP contribution in [0.3, 0.4) is 0 Å². The van der Waals surface area contributed by atoms with Crippen molar-refractivity contribution in [2.75, 3.05) is 19.0 Å². The second kappa shape index (κ2) is 7.26. The van der Waals surface area contributed by atoms with Crippen LogP contribution < -0.4 is 10.2 Å². The van der Waals surface area contributed by atoms with Crippen LogP contribution >= 0.6 is 12.2 Å². The number of nitrogens with zero attached hydrogens (tertiary/aromatic N) is 4. The van der Waals surface area contributed by atoms with Crippen LogP contribution in [-0.2, 0) is 9.59 Å². The van der Waals surface area contributed by atoms with E-state index in [0.717, 1.165) is 25.7 Å². The molecule has 0 radical (unpaired) electrons. The number of anilines is 1. The Morgan fingerprint density at radius 1 is 1.20 bits per heavy atom. The fourth-order valence-electron chi connectivity index (χ4n) is 3.15. The van der Waals surface area contributed by atoms with E-state index in [0.29, 0.717) is 11.5 Å². The molecule has 2 aliphatic rings. The zero-order valence-electron chi connectivity index (χ0n) is 14.4. The van der Waals surface area contributed by atoms with Crippen molar-refractivity contribution in [3.63, 3.8) is 0 Å². The fourth-order valence-corrected chi connectivity index (χ4v) is 3.47. The Labute approximate surface area is 152 Å². The maximum Gasteiger partial charge on any atom is 0.265 e. The Bertz CT molecular complexity index is 723. The summed E-state index contributed by atoms with van der Waals surface area (Å²) < 4.78 is 0. The summed E-state index contributed by atoms with van der Waals surface area (Å²) in [6, 6.07) is 0.0603. The molecule has 0 spiro atoms. The van der Waals surface area contributed by atoms with Gasteiger partial charge < -0.3 is 4.90 Å². The van der Waals surface area contributed by atoms with Crippen molar-refractivity contribution >= 4 is 41.2 Å². The van der Waals surface area contributed by atoms with E-state index in [4.69, 9.17) is 12.2 Å². The van der Waals surface area contributed by atoms with Crippen molar-refractivity contribution in [2.24, 2.45) is 0 Å². The molecule has 132 valence electrons. The summed E-state index contributed by atoms with van der Waals surface area (Å²) in [5.74, 6) is -0.248. The van der Waals surface area contributed by atoms with Crippen molar-refractivity contribution in [1.82, 2.24) is 20.2 Å². The average molecular weight is 359 g/mol. The van der Waals surface area contributed by atoms with Gasteiger partial charge in [0.05, 0.1) is 0 Å². The molecular weight excluding hydrogens is 338 g/mol. The number of aromatic nitrogens is 2. The van der Waals surface area contributed by atoms with E-state index >= 15 is 0 Å². The summed E-state index contributed by atoms with van der Waals surface area (Å²) in [6.45, 7) is 0. The van der Waals surface area contributed by atoms with Gasteiger partial charge in [-0.05, 0) is 31.1 Å². The molecule has 8 heteroatoms. The number of hydrogen-bond donors (Lipinski definition) is 1. The molecule has 3 rings (SSSR count). The van der Waals surface area contributed by atoms with Gasteiger partial charge in [-0.15, -0.1) is 0 Å². The summed E-state index contributed by atoms with van der Waals surface area (Å²) in [4.78, 5) is 36.9. The number of carbonyl (C=O) groups is 2. The minimum atomic E-state index is -0.473. The molecule has 7 nitrogen and oxygen atoms in total. The molecule has 1 aliphatic heterocycles.